The fourth-order valence-electron chi connectivity index (χ4n) is 3.42. The Bertz CT molecular complexity index is 1180. The lowest BCUT2D eigenvalue weighted by atomic mass is 10.1. The zero-order chi connectivity index (χ0) is 21.1. The number of hydrogen-bond acceptors (Lipinski definition) is 5. The summed E-state index contributed by atoms with van der Waals surface area (Å²) in [6, 6.07) is 19.3. The normalized spacial score (nSPS) is 10.9. The molecule has 0 saturated carbocycles. The molecule has 0 aliphatic heterocycles. The molecule has 0 saturated heterocycles. The Hall–Kier alpha value is -3.67. The Balaban J connectivity index is 1.62. The van der Waals surface area contributed by atoms with Crippen molar-refractivity contribution in [3.63, 3.8) is 0 Å². The van der Waals surface area contributed by atoms with Crippen LogP contribution >= 0.6 is 0 Å². The minimum absolute atomic E-state index is 0.326. The first kappa shape index (κ1) is 19.6. The van der Waals surface area contributed by atoms with Gasteiger partial charge in [-0.15, -0.1) is 0 Å². The summed E-state index contributed by atoms with van der Waals surface area (Å²) in [5.41, 5.74) is 3.75. The third-order valence-electron chi connectivity index (χ3n) is 4.74. The van der Waals surface area contributed by atoms with E-state index in [1.165, 1.54) is 0 Å². The highest BCUT2D eigenvalue weighted by Crippen LogP contribution is 2.25. The van der Waals surface area contributed by atoms with E-state index in [4.69, 9.17) is 9.47 Å². The number of carbonyl (C=O) groups excluding carboxylic acids is 1. The van der Waals surface area contributed by atoms with Crippen molar-refractivity contribution in [2.24, 2.45) is 0 Å². The maximum atomic E-state index is 12.4. The van der Waals surface area contributed by atoms with E-state index in [2.05, 4.69) is 10.1 Å². The quantitative estimate of drug-likeness (QED) is 0.422. The van der Waals surface area contributed by atoms with E-state index in [0.717, 1.165) is 33.8 Å². The van der Waals surface area contributed by atoms with E-state index in [-0.39, 0.29) is 5.97 Å². The molecule has 0 spiro atoms. The standard InChI is InChI=1S/C24H23N3O3/c1-4-29-24(28)21-14-16(2)25-23-22(21)17(3)26-27(23)15-18-10-12-20(13-11-18)30-19-8-6-5-7-9-19/h5-14H,4,15H2,1-3H3. The topological polar surface area (TPSA) is 66.2 Å². The highest BCUT2D eigenvalue weighted by atomic mass is 16.5. The van der Waals surface area contributed by atoms with Crippen LogP contribution in [-0.4, -0.2) is 27.3 Å². The number of rotatable bonds is 6. The van der Waals surface area contributed by atoms with Crippen molar-refractivity contribution in [2.75, 3.05) is 6.61 Å². The van der Waals surface area contributed by atoms with E-state index in [1.54, 1.807) is 13.0 Å². The molecule has 0 aliphatic carbocycles. The highest BCUT2D eigenvalue weighted by molar-refractivity contribution is 6.03. The molecule has 2 aromatic heterocycles. The van der Waals surface area contributed by atoms with E-state index < -0.39 is 0 Å². The van der Waals surface area contributed by atoms with Gasteiger partial charge in [0.1, 0.15) is 11.5 Å². The van der Waals surface area contributed by atoms with Crippen LogP contribution in [-0.2, 0) is 11.3 Å². The molecule has 0 radical (unpaired) electrons. The van der Waals surface area contributed by atoms with Crippen LogP contribution in [0.15, 0.2) is 60.7 Å². The van der Waals surface area contributed by atoms with Gasteiger partial charge in [-0.05, 0) is 56.7 Å². The maximum Gasteiger partial charge on any atom is 0.339 e. The Morgan fingerprint density at radius 3 is 2.40 bits per heavy atom. The van der Waals surface area contributed by atoms with E-state index >= 15 is 0 Å². The summed E-state index contributed by atoms with van der Waals surface area (Å²) in [6.45, 7) is 6.41. The Morgan fingerprint density at radius 1 is 1.00 bits per heavy atom. The molecule has 0 N–H and O–H groups in total. The van der Waals surface area contributed by atoms with Crippen LogP contribution in [0.5, 0.6) is 11.5 Å². The molecule has 2 aromatic carbocycles. The van der Waals surface area contributed by atoms with E-state index in [9.17, 15) is 4.79 Å². The van der Waals surface area contributed by atoms with Crippen molar-refractivity contribution < 1.29 is 14.3 Å². The lowest BCUT2D eigenvalue weighted by Crippen LogP contribution is -2.08. The number of pyridine rings is 1. The molecule has 4 aromatic rings. The highest BCUT2D eigenvalue weighted by Gasteiger charge is 2.19. The molecule has 0 atom stereocenters. The Morgan fingerprint density at radius 2 is 1.70 bits per heavy atom. The molecule has 6 heteroatoms. The molecule has 152 valence electrons. The first-order chi connectivity index (χ1) is 14.5. The largest absolute Gasteiger partial charge is 0.462 e. The van der Waals surface area contributed by atoms with Gasteiger partial charge in [0.05, 0.1) is 29.8 Å². The monoisotopic (exact) mass is 401 g/mol. The van der Waals surface area contributed by atoms with Crippen molar-refractivity contribution in [3.05, 3.63) is 83.2 Å². The molecule has 0 unspecified atom stereocenters. The molecule has 0 amide bonds. The second kappa shape index (κ2) is 8.37. The number of aromatic nitrogens is 3. The number of benzene rings is 2. The van der Waals surface area contributed by atoms with E-state index in [1.807, 2.05) is 73.1 Å². The smallest absolute Gasteiger partial charge is 0.339 e. The Kier molecular flexibility index (Phi) is 5.48. The molecular formula is C24H23N3O3. The number of aryl methyl sites for hydroxylation is 2. The first-order valence-electron chi connectivity index (χ1n) is 9.89. The minimum atomic E-state index is -0.349. The number of carbonyl (C=O) groups is 1. The summed E-state index contributed by atoms with van der Waals surface area (Å²) in [5.74, 6) is 1.22. The fraction of sp³-hybridized carbons (Fsp3) is 0.208. The number of hydrogen-bond donors (Lipinski definition) is 0. The summed E-state index contributed by atoms with van der Waals surface area (Å²) in [5, 5.41) is 5.37. The minimum Gasteiger partial charge on any atom is -0.462 e. The fourth-order valence-corrected chi connectivity index (χ4v) is 3.42. The molecule has 0 bridgehead atoms. The number of ether oxygens (including phenoxy) is 2. The number of para-hydroxylation sites is 1. The van der Waals surface area contributed by atoms with Crippen molar-refractivity contribution in [3.8, 4) is 11.5 Å². The van der Waals surface area contributed by atoms with Gasteiger partial charge in [0, 0.05) is 5.69 Å². The molecule has 0 fully saturated rings. The number of esters is 1. The summed E-state index contributed by atoms with van der Waals surface area (Å²) in [6.07, 6.45) is 0. The second-order valence-corrected chi connectivity index (χ2v) is 7.03. The lowest BCUT2D eigenvalue weighted by molar-refractivity contribution is 0.0528. The zero-order valence-corrected chi connectivity index (χ0v) is 17.3. The third-order valence-corrected chi connectivity index (χ3v) is 4.74. The lowest BCUT2D eigenvalue weighted by Gasteiger charge is -2.08. The average molecular weight is 401 g/mol. The van der Waals surface area contributed by atoms with Crippen LogP contribution in [0, 0.1) is 13.8 Å². The molecule has 30 heavy (non-hydrogen) atoms. The second-order valence-electron chi connectivity index (χ2n) is 7.03. The van der Waals surface area contributed by atoms with Gasteiger partial charge in [-0.3, -0.25) is 0 Å². The summed E-state index contributed by atoms with van der Waals surface area (Å²) < 4.78 is 12.9. The molecule has 4 rings (SSSR count). The summed E-state index contributed by atoms with van der Waals surface area (Å²) in [7, 11) is 0. The van der Waals surface area contributed by atoms with Crippen molar-refractivity contribution in [2.45, 2.75) is 27.3 Å². The van der Waals surface area contributed by atoms with Gasteiger partial charge in [-0.1, -0.05) is 30.3 Å². The van der Waals surface area contributed by atoms with Gasteiger partial charge in [-0.2, -0.15) is 5.10 Å². The van der Waals surface area contributed by atoms with Gasteiger partial charge in [-0.25, -0.2) is 14.5 Å². The molecule has 2 heterocycles. The van der Waals surface area contributed by atoms with Crippen LogP contribution < -0.4 is 4.74 Å². The predicted molar refractivity (Wildman–Crippen MR) is 115 cm³/mol. The summed E-state index contributed by atoms with van der Waals surface area (Å²) >= 11 is 0. The maximum absolute atomic E-state index is 12.4. The van der Waals surface area contributed by atoms with Crippen molar-refractivity contribution in [1.29, 1.82) is 0 Å². The zero-order valence-electron chi connectivity index (χ0n) is 17.3. The third kappa shape index (κ3) is 4.03. The number of fused-ring (bicyclic) bond motifs is 1. The van der Waals surface area contributed by atoms with Crippen LogP contribution in [0.25, 0.3) is 11.0 Å². The summed E-state index contributed by atoms with van der Waals surface area (Å²) in [4.78, 5) is 17.1. The molecule has 0 aliphatic rings. The van der Waals surface area contributed by atoms with Gasteiger partial charge < -0.3 is 9.47 Å². The van der Waals surface area contributed by atoms with Gasteiger partial charge >= 0.3 is 5.97 Å². The van der Waals surface area contributed by atoms with Crippen LogP contribution in [0.3, 0.4) is 0 Å². The Labute approximate surface area is 175 Å². The average Bonchev–Trinajstić information content (AvgIpc) is 3.05. The molecular weight excluding hydrogens is 378 g/mol. The van der Waals surface area contributed by atoms with Crippen LogP contribution in [0.1, 0.15) is 34.2 Å². The van der Waals surface area contributed by atoms with Gasteiger partial charge in [0.2, 0.25) is 0 Å². The van der Waals surface area contributed by atoms with Gasteiger partial charge in [0.25, 0.3) is 0 Å². The number of nitrogens with zero attached hydrogens (tertiary/aromatic N) is 3. The molecule has 6 nitrogen and oxygen atoms in total. The van der Waals surface area contributed by atoms with E-state index in [0.29, 0.717) is 24.4 Å². The predicted octanol–water partition coefficient (Wildman–Crippen LogP) is 5.07. The van der Waals surface area contributed by atoms with Gasteiger partial charge in [0.15, 0.2) is 5.65 Å². The van der Waals surface area contributed by atoms with Crippen LogP contribution in [0.4, 0.5) is 0 Å². The first-order valence-corrected chi connectivity index (χ1v) is 9.89. The van der Waals surface area contributed by atoms with Crippen molar-refractivity contribution in [1.82, 2.24) is 14.8 Å². The van der Waals surface area contributed by atoms with Crippen molar-refractivity contribution >= 4 is 17.0 Å². The van der Waals surface area contributed by atoms with Crippen LogP contribution in [0.2, 0.25) is 0 Å². The SMILES string of the molecule is CCOC(=O)c1cc(C)nc2c1c(C)nn2Cc1ccc(Oc2ccccc2)cc1.